The Balaban J connectivity index is 2.81. The second-order valence-electron chi connectivity index (χ2n) is 4.19. The van der Waals surface area contributed by atoms with Gasteiger partial charge in [-0.3, -0.25) is 4.98 Å². The van der Waals surface area contributed by atoms with Gasteiger partial charge in [0, 0.05) is 32.2 Å². The van der Waals surface area contributed by atoms with Crippen LogP contribution in [0.2, 0.25) is 5.02 Å². The van der Waals surface area contributed by atoms with Crippen LogP contribution in [0.3, 0.4) is 0 Å². The van der Waals surface area contributed by atoms with Crippen molar-refractivity contribution in [2.24, 2.45) is 5.92 Å². The second-order valence-corrected chi connectivity index (χ2v) is 4.60. The van der Waals surface area contributed by atoms with Crippen molar-refractivity contribution in [2.75, 3.05) is 20.3 Å². The molecular formula is C13H21ClN2O. The number of methoxy groups -OCH3 is 1. The first-order chi connectivity index (χ1) is 8.20. The Bertz CT molecular complexity index is 333. The normalized spacial score (nSPS) is 14.6. The molecule has 0 saturated heterocycles. The van der Waals surface area contributed by atoms with E-state index < -0.39 is 0 Å². The molecule has 1 rings (SSSR count). The highest BCUT2D eigenvalue weighted by Crippen LogP contribution is 2.29. The Morgan fingerprint density at radius 2 is 2.29 bits per heavy atom. The zero-order valence-electron chi connectivity index (χ0n) is 10.7. The molecule has 0 aromatic carbocycles. The molecule has 1 aromatic rings. The molecule has 0 spiro atoms. The Kier molecular flexibility index (Phi) is 6.48. The monoisotopic (exact) mass is 256 g/mol. The number of hydrogen-bond donors (Lipinski definition) is 1. The van der Waals surface area contributed by atoms with Crippen LogP contribution in [0.15, 0.2) is 18.5 Å². The first-order valence-electron chi connectivity index (χ1n) is 6.02. The summed E-state index contributed by atoms with van der Waals surface area (Å²) in [6.07, 6.45) is 4.49. The number of aromatic nitrogens is 1. The van der Waals surface area contributed by atoms with Gasteiger partial charge in [0.1, 0.15) is 0 Å². The summed E-state index contributed by atoms with van der Waals surface area (Å²) in [5.41, 5.74) is 1.12. The van der Waals surface area contributed by atoms with E-state index in [2.05, 4.69) is 24.1 Å². The number of ether oxygens (including phenoxy) is 1. The minimum atomic E-state index is 0.255. The van der Waals surface area contributed by atoms with Gasteiger partial charge >= 0.3 is 0 Å². The number of pyridine rings is 1. The van der Waals surface area contributed by atoms with Gasteiger partial charge in [-0.1, -0.05) is 25.4 Å². The minimum Gasteiger partial charge on any atom is -0.385 e. The molecule has 0 amide bonds. The number of hydrogen-bond acceptors (Lipinski definition) is 3. The van der Waals surface area contributed by atoms with Crippen molar-refractivity contribution in [3.63, 3.8) is 0 Å². The van der Waals surface area contributed by atoms with Crippen LogP contribution in [0, 0.1) is 5.92 Å². The molecular weight excluding hydrogens is 236 g/mol. The third-order valence-electron chi connectivity index (χ3n) is 2.91. The van der Waals surface area contributed by atoms with Crippen molar-refractivity contribution in [3.8, 4) is 0 Å². The van der Waals surface area contributed by atoms with Crippen molar-refractivity contribution in [1.29, 1.82) is 0 Å². The van der Waals surface area contributed by atoms with Crippen LogP contribution >= 0.6 is 11.6 Å². The molecule has 0 radical (unpaired) electrons. The fourth-order valence-electron chi connectivity index (χ4n) is 1.95. The summed E-state index contributed by atoms with van der Waals surface area (Å²) in [6.45, 7) is 6.00. The van der Waals surface area contributed by atoms with Gasteiger partial charge in [0.2, 0.25) is 0 Å². The van der Waals surface area contributed by atoms with Crippen LogP contribution in [-0.4, -0.2) is 25.2 Å². The Morgan fingerprint density at radius 1 is 1.53 bits per heavy atom. The number of halogens is 1. The molecule has 0 aliphatic carbocycles. The summed E-state index contributed by atoms with van der Waals surface area (Å²) >= 11 is 6.20. The van der Waals surface area contributed by atoms with Gasteiger partial charge in [-0.2, -0.15) is 0 Å². The van der Waals surface area contributed by atoms with E-state index >= 15 is 0 Å². The molecule has 96 valence electrons. The molecule has 0 bridgehead atoms. The summed E-state index contributed by atoms with van der Waals surface area (Å²) in [7, 11) is 1.73. The molecule has 2 atom stereocenters. The smallest absolute Gasteiger partial charge is 0.0637 e. The van der Waals surface area contributed by atoms with Crippen molar-refractivity contribution >= 4 is 11.6 Å². The van der Waals surface area contributed by atoms with Gasteiger partial charge in [0.05, 0.1) is 5.02 Å². The lowest BCUT2D eigenvalue weighted by molar-refractivity contribution is 0.170. The predicted molar refractivity (Wildman–Crippen MR) is 71.3 cm³/mol. The van der Waals surface area contributed by atoms with E-state index in [9.17, 15) is 0 Å². The minimum absolute atomic E-state index is 0.255. The van der Waals surface area contributed by atoms with Gasteiger partial charge in [0.15, 0.2) is 0 Å². The average molecular weight is 257 g/mol. The number of rotatable bonds is 7. The van der Waals surface area contributed by atoms with E-state index in [-0.39, 0.29) is 6.04 Å². The van der Waals surface area contributed by atoms with E-state index in [0.717, 1.165) is 30.2 Å². The summed E-state index contributed by atoms with van der Waals surface area (Å²) < 4.78 is 5.13. The topological polar surface area (TPSA) is 34.2 Å². The van der Waals surface area contributed by atoms with E-state index in [0.29, 0.717) is 5.92 Å². The van der Waals surface area contributed by atoms with Gasteiger partial charge < -0.3 is 10.1 Å². The lowest BCUT2D eigenvalue weighted by atomic mass is 9.92. The van der Waals surface area contributed by atoms with E-state index in [1.54, 1.807) is 19.5 Å². The maximum Gasteiger partial charge on any atom is 0.0637 e. The standard InChI is InChI=1S/C13H21ClN2O/c1-4-16-13(10(2)6-8-17-3)11-5-7-15-9-12(11)14/h5,7,9-10,13,16H,4,6,8H2,1-3H3. The van der Waals surface area contributed by atoms with Crippen LogP contribution < -0.4 is 5.32 Å². The maximum absolute atomic E-state index is 6.20. The van der Waals surface area contributed by atoms with Gasteiger partial charge in [0.25, 0.3) is 0 Å². The average Bonchev–Trinajstić information content (AvgIpc) is 2.34. The lowest BCUT2D eigenvalue weighted by Crippen LogP contribution is -2.27. The molecule has 0 aliphatic rings. The van der Waals surface area contributed by atoms with Gasteiger partial charge in [-0.25, -0.2) is 0 Å². The number of nitrogens with zero attached hydrogens (tertiary/aromatic N) is 1. The third kappa shape index (κ3) is 4.26. The molecule has 0 aliphatic heterocycles. The van der Waals surface area contributed by atoms with E-state index in [1.807, 2.05) is 6.07 Å². The first-order valence-corrected chi connectivity index (χ1v) is 6.40. The highest BCUT2D eigenvalue weighted by Gasteiger charge is 2.20. The second kappa shape index (κ2) is 7.64. The van der Waals surface area contributed by atoms with Crippen LogP contribution in [0.25, 0.3) is 0 Å². The van der Waals surface area contributed by atoms with Crippen molar-refractivity contribution in [2.45, 2.75) is 26.3 Å². The molecule has 1 aromatic heterocycles. The molecule has 3 nitrogen and oxygen atoms in total. The van der Waals surface area contributed by atoms with Gasteiger partial charge in [-0.05, 0) is 30.5 Å². The molecule has 4 heteroatoms. The largest absolute Gasteiger partial charge is 0.385 e. The summed E-state index contributed by atoms with van der Waals surface area (Å²) in [5.74, 6) is 0.467. The van der Waals surface area contributed by atoms with Crippen molar-refractivity contribution in [1.82, 2.24) is 10.3 Å². The molecule has 2 unspecified atom stereocenters. The highest BCUT2D eigenvalue weighted by molar-refractivity contribution is 6.31. The van der Waals surface area contributed by atoms with E-state index in [1.165, 1.54) is 0 Å². The lowest BCUT2D eigenvalue weighted by Gasteiger charge is -2.25. The molecule has 0 fully saturated rings. The Morgan fingerprint density at radius 3 is 2.88 bits per heavy atom. The molecule has 17 heavy (non-hydrogen) atoms. The predicted octanol–water partition coefficient (Wildman–Crippen LogP) is 3.06. The summed E-state index contributed by atoms with van der Waals surface area (Å²) in [4.78, 5) is 4.02. The zero-order valence-corrected chi connectivity index (χ0v) is 11.5. The zero-order chi connectivity index (χ0) is 12.7. The molecule has 1 N–H and O–H groups in total. The number of nitrogens with one attached hydrogen (secondary N) is 1. The molecule has 1 heterocycles. The van der Waals surface area contributed by atoms with Crippen LogP contribution in [0.4, 0.5) is 0 Å². The maximum atomic E-state index is 6.20. The van der Waals surface area contributed by atoms with Crippen molar-refractivity contribution in [3.05, 3.63) is 29.0 Å². The van der Waals surface area contributed by atoms with Crippen LogP contribution in [-0.2, 0) is 4.74 Å². The first kappa shape index (κ1) is 14.4. The third-order valence-corrected chi connectivity index (χ3v) is 3.23. The van der Waals surface area contributed by atoms with Crippen LogP contribution in [0.5, 0.6) is 0 Å². The Labute approximate surface area is 109 Å². The fraction of sp³-hybridized carbons (Fsp3) is 0.615. The van der Waals surface area contributed by atoms with Gasteiger partial charge in [-0.15, -0.1) is 0 Å². The SMILES string of the molecule is CCNC(c1ccncc1Cl)C(C)CCOC. The van der Waals surface area contributed by atoms with Crippen molar-refractivity contribution < 1.29 is 4.74 Å². The summed E-state index contributed by atoms with van der Waals surface area (Å²) in [6, 6.07) is 2.24. The fourth-order valence-corrected chi connectivity index (χ4v) is 2.18. The molecule has 0 saturated carbocycles. The summed E-state index contributed by atoms with van der Waals surface area (Å²) in [5, 5.41) is 4.21. The quantitative estimate of drug-likeness (QED) is 0.814. The van der Waals surface area contributed by atoms with Crippen LogP contribution in [0.1, 0.15) is 31.9 Å². The highest BCUT2D eigenvalue weighted by atomic mass is 35.5. The Hall–Kier alpha value is -0.640. The van der Waals surface area contributed by atoms with E-state index in [4.69, 9.17) is 16.3 Å².